The summed E-state index contributed by atoms with van der Waals surface area (Å²) in [7, 11) is 1.53. The van der Waals surface area contributed by atoms with Crippen LogP contribution in [0.15, 0.2) is 18.2 Å². The molecule has 1 aromatic rings. The zero-order chi connectivity index (χ0) is 13.3. The van der Waals surface area contributed by atoms with E-state index in [4.69, 9.17) is 21.1 Å². The summed E-state index contributed by atoms with van der Waals surface area (Å²) < 4.78 is 10.9. The van der Waals surface area contributed by atoms with Crippen molar-refractivity contribution in [2.45, 2.75) is 19.1 Å². The summed E-state index contributed by atoms with van der Waals surface area (Å²) in [6.45, 7) is 1.73. The Kier molecular flexibility index (Phi) is 3.73. The minimum atomic E-state index is -0.469. The van der Waals surface area contributed by atoms with E-state index in [9.17, 15) is 10.1 Å². The molecule has 5 nitrogen and oxygen atoms in total. The molecule has 0 aromatic heterocycles. The Hall–Kier alpha value is -1.33. The molecule has 0 bridgehead atoms. The van der Waals surface area contributed by atoms with Crippen LogP contribution in [0.2, 0.25) is 5.02 Å². The van der Waals surface area contributed by atoms with Crippen molar-refractivity contribution in [3.05, 3.63) is 38.9 Å². The fraction of sp³-hybridized carbons (Fsp3) is 0.500. The molecule has 0 N–H and O–H groups in total. The van der Waals surface area contributed by atoms with Crippen LogP contribution >= 0.6 is 11.6 Å². The van der Waals surface area contributed by atoms with Crippen LogP contribution in [0.5, 0.6) is 5.75 Å². The van der Waals surface area contributed by atoms with Crippen LogP contribution in [0.1, 0.15) is 18.4 Å². The van der Waals surface area contributed by atoms with Gasteiger partial charge < -0.3 is 9.47 Å². The molecule has 3 atom stereocenters. The normalized spacial score (nSPS) is 26.3. The number of halogens is 1. The van der Waals surface area contributed by atoms with Crippen LogP contribution in [0.25, 0.3) is 0 Å². The van der Waals surface area contributed by atoms with Crippen molar-refractivity contribution in [3.63, 3.8) is 0 Å². The fourth-order valence-corrected chi connectivity index (χ4v) is 2.49. The Morgan fingerprint density at radius 3 is 2.89 bits per heavy atom. The third kappa shape index (κ3) is 2.42. The summed E-state index contributed by atoms with van der Waals surface area (Å²) in [4.78, 5) is 10.5. The molecule has 1 heterocycles. The summed E-state index contributed by atoms with van der Waals surface area (Å²) >= 11 is 5.94. The molecule has 0 amide bonds. The highest BCUT2D eigenvalue weighted by atomic mass is 35.5. The van der Waals surface area contributed by atoms with Crippen molar-refractivity contribution in [2.24, 2.45) is 5.92 Å². The van der Waals surface area contributed by atoms with E-state index >= 15 is 0 Å². The standard InChI is InChI=1S/C12H14ClNO4/c1-7-10(6-14(15)16)9-5-8(13)3-4-11(9)18-12(7)17-2/h3-5,7,10,12H,6H2,1-2H3/t7-,10+,12-/m0/s1. The van der Waals surface area contributed by atoms with Gasteiger partial charge in [-0.25, -0.2) is 0 Å². The highest BCUT2D eigenvalue weighted by Gasteiger charge is 2.38. The second kappa shape index (κ2) is 5.12. The topological polar surface area (TPSA) is 61.6 Å². The summed E-state index contributed by atoms with van der Waals surface area (Å²) in [5.41, 5.74) is 0.778. The van der Waals surface area contributed by atoms with E-state index < -0.39 is 6.29 Å². The van der Waals surface area contributed by atoms with Gasteiger partial charge in [0.05, 0.1) is 5.92 Å². The lowest BCUT2D eigenvalue weighted by Crippen LogP contribution is -2.38. The number of benzene rings is 1. The molecule has 0 unspecified atom stereocenters. The lowest BCUT2D eigenvalue weighted by molar-refractivity contribution is -0.486. The second-order valence-corrected chi connectivity index (χ2v) is 4.82. The number of fused-ring (bicyclic) bond motifs is 1. The smallest absolute Gasteiger partial charge is 0.211 e. The first-order valence-corrected chi connectivity index (χ1v) is 6.01. The minimum Gasteiger partial charge on any atom is -0.464 e. The molecule has 0 saturated carbocycles. The predicted molar refractivity (Wildman–Crippen MR) is 66.6 cm³/mol. The highest BCUT2D eigenvalue weighted by Crippen LogP contribution is 2.41. The summed E-state index contributed by atoms with van der Waals surface area (Å²) in [5, 5.41) is 11.3. The average Bonchev–Trinajstić information content (AvgIpc) is 2.32. The van der Waals surface area contributed by atoms with Crippen LogP contribution in [-0.2, 0) is 4.74 Å². The first-order valence-electron chi connectivity index (χ1n) is 5.63. The first-order chi connectivity index (χ1) is 8.52. The van der Waals surface area contributed by atoms with Gasteiger partial charge in [0.15, 0.2) is 0 Å². The lowest BCUT2D eigenvalue weighted by Gasteiger charge is -2.35. The summed E-state index contributed by atoms with van der Waals surface area (Å²) in [6, 6.07) is 5.16. The van der Waals surface area contributed by atoms with Gasteiger partial charge in [-0.2, -0.15) is 0 Å². The van der Waals surface area contributed by atoms with E-state index in [2.05, 4.69) is 0 Å². The Labute approximate surface area is 110 Å². The number of hydrogen-bond donors (Lipinski definition) is 0. The van der Waals surface area contributed by atoms with E-state index in [1.165, 1.54) is 7.11 Å². The molecular weight excluding hydrogens is 258 g/mol. The maximum Gasteiger partial charge on any atom is 0.211 e. The molecule has 1 aromatic carbocycles. The van der Waals surface area contributed by atoms with E-state index in [0.29, 0.717) is 10.8 Å². The van der Waals surface area contributed by atoms with Crippen molar-refractivity contribution in [2.75, 3.05) is 13.7 Å². The average molecular weight is 272 g/mol. The van der Waals surface area contributed by atoms with Crippen molar-refractivity contribution in [1.29, 1.82) is 0 Å². The number of ether oxygens (including phenoxy) is 2. The maximum absolute atomic E-state index is 10.8. The number of hydrogen-bond acceptors (Lipinski definition) is 4. The monoisotopic (exact) mass is 271 g/mol. The number of methoxy groups -OCH3 is 1. The molecule has 0 fully saturated rings. The van der Waals surface area contributed by atoms with E-state index in [1.807, 2.05) is 6.92 Å². The maximum atomic E-state index is 10.8. The third-order valence-corrected chi connectivity index (χ3v) is 3.49. The van der Waals surface area contributed by atoms with Gasteiger partial charge in [0, 0.05) is 28.5 Å². The molecule has 0 saturated heterocycles. The molecule has 1 aliphatic rings. The highest BCUT2D eigenvalue weighted by molar-refractivity contribution is 6.30. The lowest BCUT2D eigenvalue weighted by atomic mass is 9.84. The summed E-state index contributed by atoms with van der Waals surface area (Å²) in [5.74, 6) is 0.245. The van der Waals surface area contributed by atoms with Crippen LogP contribution < -0.4 is 4.74 Å². The predicted octanol–water partition coefficient (Wildman–Crippen LogP) is 2.70. The fourth-order valence-electron chi connectivity index (χ4n) is 2.31. The molecule has 18 heavy (non-hydrogen) atoms. The van der Waals surface area contributed by atoms with Crippen molar-refractivity contribution >= 4 is 11.6 Å². The van der Waals surface area contributed by atoms with Gasteiger partial charge in [-0.1, -0.05) is 18.5 Å². The van der Waals surface area contributed by atoms with Crippen molar-refractivity contribution in [1.82, 2.24) is 0 Å². The van der Waals surface area contributed by atoms with E-state index in [1.54, 1.807) is 18.2 Å². The number of rotatable bonds is 3. The zero-order valence-electron chi connectivity index (χ0n) is 10.1. The SMILES string of the molecule is CO[C@H]1Oc2ccc(Cl)cc2[C@H](C[N+](=O)[O-])[C@@H]1C. The van der Waals surface area contributed by atoms with Gasteiger partial charge in [-0.05, 0) is 18.2 Å². The molecule has 2 rings (SSSR count). The van der Waals surface area contributed by atoms with Crippen LogP contribution in [-0.4, -0.2) is 24.9 Å². The second-order valence-electron chi connectivity index (χ2n) is 4.39. The molecule has 0 spiro atoms. The minimum absolute atomic E-state index is 0.105. The van der Waals surface area contributed by atoms with Gasteiger partial charge in [-0.3, -0.25) is 10.1 Å². The molecule has 6 heteroatoms. The van der Waals surface area contributed by atoms with Crippen molar-refractivity contribution in [3.8, 4) is 5.75 Å². The Balaban J connectivity index is 2.42. The van der Waals surface area contributed by atoms with Crippen LogP contribution in [0.3, 0.4) is 0 Å². The summed E-state index contributed by atoms with van der Waals surface area (Å²) in [6.07, 6.45) is -0.469. The molecule has 1 aliphatic heterocycles. The quantitative estimate of drug-likeness (QED) is 0.626. The molecule has 98 valence electrons. The first kappa shape index (κ1) is 13.1. The van der Waals surface area contributed by atoms with Crippen molar-refractivity contribution < 1.29 is 14.4 Å². The largest absolute Gasteiger partial charge is 0.464 e. The zero-order valence-corrected chi connectivity index (χ0v) is 10.9. The van der Waals surface area contributed by atoms with Gasteiger partial charge >= 0.3 is 0 Å². The Morgan fingerprint density at radius 1 is 1.56 bits per heavy atom. The van der Waals surface area contributed by atoms with Gasteiger partial charge in [0.1, 0.15) is 5.75 Å². The molecule has 0 aliphatic carbocycles. The van der Waals surface area contributed by atoms with Gasteiger partial charge in [-0.15, -0.1) is 0 Å². The number of nitro groups is 1. The van der Waals surface area contributed by atoms with Gasteiger partial charge in [0.25, 0.3) is 0 Å². The van der Waals surface area contributed by atoms with E-state index in [0.717, 1.165) is 5.56 Å². The molecule has 0 radical (unpaired) electrons. The van der Waals surface area contributed by atoms with E-state index in [-0.39, 0.29) is 23.3 Å². The third-order valence-electron chi connectivity index (χ3n) is 3.26. The number of nitrogens with zero attached hydrogens (tertiary/aromatic N) is 1. The van der Waals surface area contributed by atoms with Crippen LogP contribution in [0.4, 0.5) is 0 Å². The Bertz CT molecular complexity index is 465. The molecular formula is C12H14ClNO4. The van der Waals surface area contributed by atoms with Gasteiger partial charge in [0.2, 0.25) is 12.8 Å². The Morgan fingerprint density at radius 2 is 2.28 bits per heavy atom. The van der Waals surface area contributed by atoms with Crippen LogP contribution in [0, 0.1) is 16.0 Å².